The highest BCUT2D eigenvalue weighted by Crippen LogP contribution is 2.29. The van der Waals surface area contributed by atoms with Gasteiger partial charge < -0.3 is 4.90 Å². The lowest BCUT2D eigenvalue weighted by molar-refractivity contribution is -0.130. The summed E-state index contributed by atoms with van der Waals surface area (Å²) in [5.41, 5.74) is 3.75. The molecule has 1 saturated heterocycles. The molecule has 1 aliphatic heterocycles. The van der Waals surface area contributed by atoms with Crippen LogP contribution in [0.15, 0.2) is 18.2 Å². The van der Waals surface area contributed by atoms with Crippen molar-refractivity contribution in [3.63, 3.8) is 0 Å². The minimum Gasteiger partial charge on any atom is -0.319 e. The second kappa shape index (κ2) is 7.08. The smallest absolute Gasteiger partial charge is 0.238 e. The molecule has 21 heavy (non-hydrogen) atoms. The van der Waals surface area contributed by atoms with E-state index in [2.05, 4.69) is 51.2 Å². The molecule has 2 unspecified atom stereocenters. The fourth-order valence-corrected chi connectivity index (χ4v) is 3.24. The topological polar surface area (TPSA) is 32.3 Å². The van der Waals surface area contributed by atoms with E-state index in [0.29, 0.717) is 12.6 Å². The number of nitrogens with one attached hydrogen (secondary N) is 1. The molecular formula is C18H28N2O. The van der Waals surface area contributed by atoms with Crippen molar-refractivity contribution in [2.45, 2.75) is 65.6 Å². The highest BCUT2D eigenvalue weighted by molar-refractivity contribution is 5.81. The van der Waals surface area contributed by atoms with Gasteiger partial charge in [0.05, 0.1) is 6.54 Å². The predicted molar refractivity (Wildman–Crippen MR) is 87.1 cm³/mol. The van der Waals surface area contributed by atoms with Gasteiger partial charge in [-0.1, -0.05) is 49.9 Å². The fourth-order valence-electron chi connectivity index (χ4n) is 3.24. The summed E-state index contributed by atoms with van der Waals surface area (Å²) >= 11 is 0. The van der Waals surface area contributed by atoms with E-state index < -0.39 is 0 Å². The monoisotopic (exact) mass is 288 g/mol. The van der Waals surface area contributed by atoms with E-state index in [1.807, 2.05) is 4.90 Å². The number of hydrogen-bond donors (Lipinski definition) is 1. The molecule has 0 bridgehead atoms. The van der Waals surface area contributed by atoms with E-state index in [-0.39, 0.29) is 12.1 Å². The average Bonchev–Trinajstić information content (AvgIpc) is 2.80. The lowest BCUT2D eigenvalue weighted by atomic mass is 10.0. The summed E-state index contributed by atoms with van der Waals surface area (Å²) in [6, 6.07) is 6.78. The Bertz CT molecular complexity index is 498. The summed E-state index contributed by atoms with van der Waals surface area (Å²) in [6.45, 7) is 9.08. The minimum atomic E-state index is 0.0368. The molecule has 0 aromatic heterocycles. The Morgan fingerprint density at radius 1 is 1.33 bits per heavy atom. The van der Waals surface area contributed by atoms with Gasteiger partial charge >= 0.3 is 0 Å². The molecular weight excluding hydrogens is 260 g/mol. The zero-order chi connectivity index (χ0) is 15.4. The number of amides is 1. The van der Waals surface area contributed by atoms with E-state index in [0.717, 1.165) is 6.42 Å². The number of nitrogens with zero attached hydrogens (tertiary/aromatic N) is 1. The van der Waals surface area contributed by atoms with Crippen molar-refractivity contribution in [3.8, 4) is 0 Å². The van der Waals surface area contributed by atoms with Gasteiger partial charge in [0.1, 0.15) is 6.17 Å². The molecule has 1 amide bonds. The molecule has 1 N–H and O–H groups in total. The van der Waals surface area contributed by atoms with Crippen LogP contribution in [-0.4, -0.2) is 23.4 Å². The molecule has 3 nitrogen and oxygen atoms in total. The van der Waals surface area contributed by atoms with Crippen molar-refractivity contribution < 1.29 is 4.79 Å². The molecule has 1 aromatic carbocycles. The van der Waals surface area contributed by atoms with Crippen LogP contribution in [0.4, 0.5) is 0 Å². The first-order valence-electron chi connectivity index (χ1n) is 8.16. The summed E-state index contributed by atoms with van der Waals surface area (Å²) in [5, 5.41) is 3.38. The van der Waals surface area contributed by atoms with Crippen LogP contribution in [0, 0.1) is 13.8 Å². The fraction of sp³-hybridized carbons (Fsp3) is 0.611. The third-order valence-electron chi connectivity index (χ3n) is 4.43. The number of benzene rings is 1. The Balaban J connectivity index is 2.16. The van der Waals surface area contributed by atoms with Gasteiger partial charge in [0.15, 0.2) is 0 Å². The largest absolute Gasteiger partial charge is 0.319 e. The minimum absolute atomic E-state index is 0.0368. The quantitative estimate of drug-likeness (QED) is 0.809. The van der Waals surface area contributed by atoms with E-state index >= 15 is 0 Å². The van der Waals surface area contributed by atoms with Crippen LogP contribution < -0.4 is 5.32 Å². The van der Waals surface area contributed by atoms with Crippen LogP contribution in [0.1, 0.15) is 62.4 Å². The van der Waals surface area contributed by atoms with E-state index in [1.165, 1.54) is 36.0 Å². The molecule has 1 heterocycles. The SMILES string of the molecule is CCCCCC(C)N1C(=O)CNC1c1ccc(C)cc1C. The first kappa shape index (κ1) is 16.0. The molecule has 0 radical (unpaired) electrons. The zero-order valence-corrected chi connectivity index (χ0v) is 13.8. The Hall–Kier alpha value is -1.35. The molecule has 1 aromatic rings. The van der Waals surface area contributed by atoms with Crippen LogP contribution >= 0.6 is 0 Å². The van der Waals surface area contributed by atoms with Crippen molar-refractivity contribution in [1.29, 1.82) is 0 Å². The summed E-state index contributed by atoms with van der Waals surface area (Å²) in [4.78, 5) is 14.3. The average molecular weight is 288 g/mol. The van der Waals surface area contributed by atoms with Crippen LogP contribution in [0.25, 0.3) is 0 Å². The highest BCUT2D eigenvalue weighted by atomic mass is 16.2. The summed E-state index contributed by atoms with van der Waals surface area (Å²) in [6.07, 6.45) is 4.78. The Kier molecular flexibility index (Phi) is 5.40. The second-order valence-corrected chi connectivity index (χ2v) is 6.29. The van der Waals surface area contributed by atoms with Gasteiger partial charge in [-0.05, 0) is 38.3 Å². The number of aryl methyl sites for hydroxylation is 2. The molecule has 116 valence electrons. The molecule has 0 saturated carbocycles. The number of carbonyl (C=O) groups is 1. The molecule has 1 fully saturated rings. The number of carbonyl (C=O) groups excluding carboxylic acids is 1. The molecule has 0 spiro atoms. The summed E-state index contributed by atoms with van der Waals surface area (Å²) < 4.78 is 0. The van der Waals surface area contributed by atoms with Crippen molar-refractivity contribution in [1.82, 2.24) is 10.2 Å². The Labute approximate surface area is 128 Å². The zero-order valence-electron chi connectivity index (χ0n) is 13.8. The lowest BCUT2D eigenvalue weighted by Gasteiger charge is -2.31. The van der Waals surface area contributed by atoms with Gasteiger partial charge in [0, 0.05) is 6.04 Å². The van der Waals surface area contributed by atoms with Gasteiger partial charge in [0.25, 0.3) is 0 Å². The maximum Gasteiger partial charge on any atom is 0.238 e. The van der Waals surface area contributed by atoms with E-state index in [4.69, 9.17) is 0 Å². The number of hydrogen-bond acceptors (Lipinski definition) is 2. The maximum absolute atomic E-state index is 12.3. The molecule has 3 heteroatoms. The third-order valence-corrected chi connectivity index (χ3v) is 4.43. The molecule has 1 aliphatic rings. The first-order chi connectivity index (χ1) is 10.0. The van der Waals surface area contributed by atoms with Gasteiger partial charge in [-0.25, -0.2) is 0 Å². The Morgan fingerprint density at radius 3 is 2.76 bits per heavy atom. The first-order valence-corrected chi connectivity index (χ1v) is 8.16. The summed E-state index contributed by atoms with van der Waals surface area (Å²) in [5.74, 6) is 0.226. The lowest BCUT2D eigenvalue weighted by Crippen LogP contribution is -2.38. The summed E-state index contributed by atoms with van der Waals surface area (Å²) in [7, 11) is 0. The Morgan fingerprint density at radius 2 is 2.10 bits per heavy atom. The molecule has 2 rings (SSSR count). The van der Waals surface area contributed by atoms with E-state index in [9.17, 15) is 4.79 Å². The second-order valence-electron chi connectivity index (χ2n) is 6.29. The maximum atomic E-state index is 12.3. The van der Waals surface area contributed by atoms with Crippen molar-refractivity contribution in [2.24, 2.45) is 0 Å². The van der Waals surface area contributed by atoms with Crippen molar-refractivity contribution >= 4 is 5.91 Å². The van der Waals surface area contributed by atoms with Crippen LogP contribution in [0.2, 0.25) is 0 Å². The van der Waals surface area contributed by atoms with Gasteiger partial charge in [-0.3, -0.25) is 10.1 Å². The molecule has 0 aliphatic carbocycles. The van der Waals surface area contributed by atoms with Crippen molar-refractivity contribution in [3.05, 3.63) is 34.9 Å². The van der Waals surface area contributed by atoms with Crippen LogP contribution in [0.5, 0.6) is 0 Å². The standard InChI is InChI=1S/C18H28N2O/c1-5-6-7-8-15(4)20-17(21)12-19-18(20)16-10-9-13(2)11-14(16)3/h9-11,15,18-19H,5-8,12H2,1-4H3. The van der Waals surface area contributed by atoms with Crippen LogP contribution in [-0.2, 0) is 4.79 Å². The number of unbranched alkanes of at least 4 members (excludes halogenated alkanes) is 2. The normalized spacial score (nSPS) is 20.1. The van der Waals surface area contributed by atoms with E-state index in [1.54, 1.807) is 0 Å². The number of rotatable bonds is 6. The predicted octanol–water partition coefficient (Wildman–Crippen LogP) is 3.70. The van der Waals surface area contributed by atoms with Crippen molar-refractivity contribution in [2.75, 3.05) is 6.54 Å². The van der Waals surface area contributed by atoms with Gasteiger partial charge in [0.2, 0.25) is 5.91 Å². The van der Waals surface area contributed by atoms with Crippen LogP contribution in [0.3, 0.4) is 0 Å². The van der Waals surface area contributed by atoms with Gasteiger partial charge in [-0.15, -0.1) is 0 Å². The highest BCUT2D eigenvalue weighted by Gasteiger charge is 2.35. The van der Waals surface area contributed by atoms with Gasteiger partial charge in [-0.2, -0.15) is 0 Å². The third kappa shape index (κ3) is 3.65. The molecule has 2 atom stereocenters.